The van der Waals surface area contributed by atoms with Crippen LogP contribution in [-0.4, -0.2) is 43.1 Å². The van der Waals surface area contributed by atoms with Gasteiger partial charge in [-0.05, 0) is 51.7 Å². The fourth-order valence-corrected chi connectivity index (χ4v) is 5.12. The number of Topliss-reactive ketones (excluding diaryl/α,β-unsaturated/α-hetero) is 1. The van der Waals surface area contributed by atoms with Crippen molar-refractivity contribution < 1.29 is 19.1 Å². The Morgan fingerprint density at radius 3 is 2.17 bits per heavy atom. The molecule has 0 aromatic carbocycles. The molecule has 140 valence electrons. The summed E-state index contributed by atoms with van der Waals surface area (Å²) < 4.78 is 12.8. The quantitative estimate of drug-likeness (QED) is 0.779. The van der Waals surface area contributed by atoms with Gasteiger partial charge in [0, 0.05) is 11.3 Å². The molecule has 3 saturated carbocycles. The molecule has 0 aromatic rings. The van der Waals surface area contributed by atoms with Crippen LogP contribution in [0.3, 0.4) is 0 Å². The number of carbonyl (C=O) groups excluding carboxylic acids is 1. The fraction of sp³-hybridized carbons (Fsp3) is 0.947. The Labute approximate surface area is 148 Å². The van der Waals surface area contributed by atoms with Gasteiger partial charge < -0.3 is 14.3 Å². The number of hydrogen-bond donors (Lipinski definition) is 1. The number of fused-ring (bicyclic) bond motifs is 3. The molecular weight excluding hydrogens is 320 g/mol. The highest BCUT2D eigenvalue weighted by Gasteiger charge is 2.61. The summed E-state index contributed by atoms with van der Waals surface area (Å²) in [6, 6.07) is 0. The van der Waals surface area contributed by atoms with Crippen LogP contribution in [0, 0.1) is 11.3 Å². The van der Waals surface area contributed by atoms with Gasteiger partial charge in [-0.3, -0.25) is 4.79 Å². The van der Waals surface area contributed by atoms with Gasteiger partial charge in [-0.2, -0.15) is 0 Å². The second-order valence-corrected chi connectivity index (χ2v) is 15.2. The maximum atomic E-state index is 12.7. The van der Waals surface area contributed by atoms with E-state index in [-0.39, 0.29) is 34.5 Å². The van der Waals surface area contributed by atoms with Gasteiger partial charge >= 0.3 is 0 Å². The van der Waals surface area contributed by atoms with Crippen LogP contribution in [0.5, 0.6) is 0 Å². The van der Waals surface area contributed by atoms with Crippen molar-refractivity contribution in [2.24, 2.45) is 11.3 Å². The molecule has 2 bridgehead atoms. The summed E-state index contributed by atoms with van der Waals surface area (Å²) in [7, 11) is -1.96. The van der Waals surface area contributed by atoms with Crippen LogP contribution in [0.4, 0.5) is 0 Å². The lowest BCUT2D eigenvalue weighted by Crippen LogP contribution is -2.66. The molecule has 5 heteroatoms. The Morgan fingerprint density at radius 1 is 1.17 bits per heavy atom. The Bertz CT molecular complexity index is 502. The van der Waals surface area contributed by atoms with Crippen molar-refractivity contribution in [1.29, 1.82) is 0 Å². The third kappa shape index (κ3) is 3.50. The van der Waals surface area contributed by atoms with Crippen molar-refractivity contribution in [2.45, 2.75) is 103 Å². The Morgan fingerprint density at radius 2 is 1.71 bits per heavy atom. The van der Waals surface area contributed by atoms with Crippen LogP contribution in [-0.2, 0) is 14.0 Å². The van der Waals surface area contributed by atoms with E-state index in [1.54, 1.807) is 0 Å². The van der Waals surface area contributed by atoms with E-state index < -0.39 is 19.8 Å². The first-order chi connectivity index (χ1) is 10.6. The molecule has 24 heavy (non-hydrogen) atoms. The molecule has 0 aromatic heterocycles. The third-order valence-corrected chi connectivity index (χ3v) is 10.8. The molecule has 3 aliphatic rings. The van der Waals surface area contributed by atoms with E-state index in [9.17, 15) is 9.90 Å². The highest BCUT2D eigenvalue weighted by molar-refractivity contribution is 6.74. The minimum absolute atomic E-state index is 0.0544. The van der Waals surface area contributed by atoms with Gasteiger partial charge in [-0.15, -0.1) is 0 Å². The Balaban J connectivity index is 2.26. The maximum Gasteiger partial charge on any atom is 0.192 e. The number of ketones is 1. The zero-order valence-corrected chi connectivity index (χ0v) is 17.9. The normalized spacial score (nSPS) is 37.8. The SMILES string of the molecule is CC(C)(C)O[C@H]1C[C@@H]2C(=O)C(O)[C@]1(C)C[C@@H]2O[Si](C)(C)C(C)(C)C. The average molecular weight is 357 g/mol. The standard InChI is InChI=1S/C19H36O4Si/c1-17(2,3)22-14-10-12-13(23-24(8,9)18(4,5)6)11-19(14,7)16(21)15(12)20/h12-14,16,21H,10-11H2,1-9H3/t12-,13-,14-,16?,19+/m0/s1. The zero-order valence-electron chi connectivity index (χ0n) is 16.9. The molecule has 0 radical (unpaired) electrons. The molecule has 0 heterocycles. The molecule has 1 N–H and O–H groups in total. The van der Waals surface area contributed by atoms with Crippen LogP contribution in [0.1, 0.15) is 61.3 Å². The van der Waals surface area contributed by atoms with Crippen molar-refractivity contribution in [3.8, 4) is 0 Å². The highest BCUT2D eigenvalue weighted by Crippen LogP contribution is 2.53. The minimum atomic E-state index is -1.96. The van der Waals surface area contributed by atoms with E-state index in [0.717, 1.165) is 0 Å². The Kier molecular flexibility index (Phi) is 4.94. The Hall–Kier alpha value is -0.233. The van der Waals surface area contributed by atoms with Gasteiger partial charge in [-0.25, -0.2) is 0 Å². The molecule has 3 fully saturated rings. The van der Waals surface area contributed by atoms with Crippen LogP contribution >= 0.6 is 0 Å². The van der Waals surface area contributed by atoms with Crippen molar-refractivity contribution >= 4 is 14.1 Å². The summed E-state index contributed by atoms with van der Waals surface area (Å²) in [5.74, 6) is -0.301. The van der Waals surface area contributed by atoms with Crippen LogP contribution in [0.2, 0.25) is 18.1 Å². The molecule has 1 unspecified atom stereocenters. The fourth-order valence-electron chi connectivity index (χ4n) is 3.76. The molecule has 0 amide bonds. The summed E-state index contributed by atoms with van der Waals surface area (Å²) in [4.78, 5) is 12.7. The molecule has 5 atom stereocenters. The second kappa shape index (κ2) is 5.90. The van der Waals surface area contributed by atoms with Gasteiger partial charge in [0.1, 0.15) is 6.10 Å². The van der Waals surface area contributed by atoms with E-state index in [0.29, 0.717) is 12.8 Å². The lowest BCUT2D eigenvalue weighted by molar-refractivity contribution is -0.217. The minimum Gasteiger partial charge on any atom is -0.413 e. The predicted molar refractivity (Wildman–Crippen MR) is 98.5 cm³/mol. The molecule has 3 rings (SSSR count). The first kappa shape index (κ1) is 20.1. The summed E-state index contributed by atoms with van der Waals surface area (Å²) in [5.41, 5.74) is -0.851. The second-order valence-electron chi connectivity index (χ2n) is 10.5. The summed E-state index contributed by atoms with van der Waals surface area (Å²) in [6.07, 6.45) is 0.213. The van der Waals surface area contributed by atoms with Gasteiger partial charge in [0.25, 0.3) is 0 Å². The smallest absolute Gasteiger partial charge is 0.192 e. The topological polar surface area (TPSA) is 55.8 Å². The van der Waals surface area contributed by atoms with Crippen LogP contribution in [0.15, 0.2) is 0 Å². The average Bonchev–Trinajstić information content (AvgIpc) is 2.35. The highest BCUT2D eigenvalue weighted by atomic mass is 28.4. The van der Waals surface area contributed by atoms with Gasteiger partial charge in [-0.1, -0.05) is 27.7 Å². The molecule has 4 nitrogen and oxygen atoms in total. The van der Waals surface area contributed by atoms with E-state index >= 15 is 0 Å². The van der Waals surface area contributed by atoms with Gasteiger partial charge in [0.2, 0.25) is 0 Å². The lowest BCUT2D eigenvalue weighted by atomic mass is 9.56. The predicted octanol–water partition coefficient (Wildman–Crippen LogP) is 3.92. The van der Waals surface area contributed by atoms with Crippen molar-refractivity contribution in [3.63, 3.8) is 0 Å². The van der Waals surface area contributed by atoms with Gasteiger partial charge in [0.05, 0.1) is 17.8 Å². The van der Waals surface area contributed by atoms with Crippen molar-refractivity contribution in [2.75, 3.05) is 0 Å². The molecule has 0 saturated heterocycles. The monoisotopic (exact) mass is 356 g/mol. The first-order valence-corrected chi connectivity index (χ1v) is 12.1. The molecule has 3 aliphatic carbocycles. The zero-order chi connectivity index (χ0) is 18.7. The summed E-state index contributed by atoms with van der Waals surface area (Å²) in [6.45, 7) is 19.1. The lowest BCUT2D eigenvalue weighted by Gasteiger charge is -2.57. The molecular formula is C19H36O4Si. The van der Waals surface area contributed by atoms with Crippen LogP contribution < -0.4 is 0 Å². The maximum absolute atomic E-state index is 12.7. The first-order valence-electron chi connectivity index (χ1n) is 9.16. The number of aliphatic hydroxyl groups excluding tert-OH is 1. The van der Waals surface area contributed by atoms with E-state index in [2.05, 4.69) is 33.9 Å². The summed E-state index contributed by atoms with van der Waals surface area (Å²) in [5, 5.41) is 10.7. The van der Waals surface area contributed by atoms with E-state index in [4.69, 9.17) is 9.16 Å². The number of ether oxygens (including phenoxy) is 1. The van der Waals surface area contributed by atoms with Crippen molar-refractivity contribution in [1.82, 2.24) is 0 Å². The number of hydrogen-bond acceptors (Lipinski definition) is 4. The van der Waals surface area contributed by atoms with E-state index in [1.165, 1.54) is 0 Å². The molecule has 0 aliphatic heterocycles. The van der Waals surface area contributed by atoms with Crippen LogP contribution in [0.25, 0.3) is 0 Å². The third-order valence-electron chi connectivity index (χ3n) is 6.30. The van der Waals surface area contributed by atoms with Gasteiger partial charge in [0.15, 0.2) is 14.1 Å². The van der Waals surface area contributed by atoms with Crippen molar-refractivity contribution in [3.05, 3.63) is 0 Å². The number of rotatable bonds is 3. The summed E-state index contributed by atoms with van der Waals surface area (Å²) >= 11 is 0. The number of aliphatic hydroxyl groups is 1. The number of carbonyl (C=O) groups is 1. The molecule has 0 spiro atoms. The largest absolute Gasteiger partial charge is 0.413 e. The van der Waals surface area contributed by atoms with E-state index in [1.807, 2.05) is 27.7 Å².